The zero-order valence-electron chi connectivity index (χ0n) is 12.2. The van der Waals surface area contributed by atoms with E-state index >= 15 is 0 Å². The molecule has 0 aromatic heterocycles. The van der Waals surface area contributed by atoms with Gasteiger partial charge in [-0.1, -0.05) is 30.3 Å². The number of alkyl halides is 1. The molecule has 2 aliphatic rings. The molecule has 0 heterocycles. The third-order valence-electron chi connectivity index (χ3n) is 5.03. The van der Waals surface area contributed by atoms with Gasteiger partial charge in [0.2, 0.25) is 0 Å². The van der Waals surface area contributed by atoms with E-state index in [1.54, 1.807) is 7.05 Å². The van der Waals surface area contributed by atoms with Gasteiger partial charge in [-0.15, -0.1) is 0 Å². The van der Waals surface area contributed by atoms with Crippen LogP contribution < -0.4 is 10.6 Å². The van der Waals surface area contributed by atoms with Gasteiger partial charge in [-0.3, -0.25) is 5.32 Å². The summed E-state index contributed by atoms with van der Waals surface area (Å²) in [5, 5.41) is 6.50. The number of hydrogen-bond donors (Lipinski definition) is 2. The van der Waals surface area contributed by atoms with Crippen LogP contribution in [0.15, 0.2) is 30.3 Å². The van der Waals surface area contributed by atoms with Crippen LogP contribution in [0.25, 0.3) is 0 Å². The van der Waals surface area contributed by atoms with Gasteiger partial charge < -0.3 is 5.32 Å². The third kappa shape index (κ3) is 3.21. The highest BCUT2D eigenvalue weighted by molar-refractivity contribution is 5.27. The van der Waals surface area contributed by atoms with E-state index in [4.69, 9.17) is 0 Å². The quantitative estimate of drug-likeness (QED) is 0.807. The zero-order valence-corrected chi connectivity index (χ0v) is 12.2. The summed E-state index contributed by atoms with van der Waals surface area (Å²) in [6.07, 6.45) is 4.55. The van der Waals surface area contributed by atoms with E-state index in [0.717, 1.165) is 19.4 Å². The van der Waals surface area contributed by atoms with E-state index in [2.05, 4.69) is 41.0 Å². The highest BCUT2D eigenvalue weighted by Crippen LogP contribution is 2.41. The second-order valence-electron chi connectivity index (χ2n) is 6.43. The maximum absolute atomic E-state index is 14.0. The zero-order chi connectivity index (χ0) is 14.0. The monoisotopic (exact) mass is 276 g/mol. The summed E-state index contributed by atoms with van der Waals surface area (Å²) < 4.78 is 14.0. The van der Waals surface area contributed by atoms with Crippen molar-refractivity contribution in [1.29, 1.82) is 0 Å². The SMILES string of the molecule is CNC1(F)CCC(CN[C@@H]2C[C@H]2c2ccccc2)CC1. The fraction of sp³-hybridized carbons (Fsp3) is 0.647. The minimum atomic E-state index is -1.11. The Morgan fingerprint density at radius 2 is 1.90 bits per heavy atom. The predicted molar refractivity (Wildman–Crippen MR) is 80.4 cm³/mol. The summed E-state index contributed by atoms with van der Waals surface area (Å²) >= 11 is 0. The predicted octanol–water partition coefficient (Wildman–Crippen LogP) is 3.21. The molecule has 0 radical (unpaired) electrons. The Labute approximate surface area is 121 Å². The smallest absolute Gasteiger partial charge is 0.161 e. The van der Waals surface area contributed by atoms with Crippen molar-refractivity contribution in [1.82, 2.24) is 10.6 Å². The Hall–Kier alpha value is -0.930. The van der Waals surface area contributed by atoms with Gasteiger partial charge in [0.25, 0.3) is 0 Å². The minimum absolute atomic E-state index is 0.638. The molecular formula is C17H25FN2. The molecule has 3 rings (SSSR count). The maximum atomic E-state index is 14.0. The molecule has 0 bridgehead atoms. The molecule has 3 heteroatoms. The molecule has 2 aliphatic carbocycles. The lowest BCUT2D eigenvalue weighted by molar-refractivity contribution is 0.0560. The van der Waals surface area contributed by atoms with Crippen molar-refractivity contribution in [3.63, 3.8) is 0 Å². The molecule has 1 aromatic rings. The van der Waals surface area contributed by atoms with Crippen LogP contribution in [0.2, 0.25) is 0 Å². The van der Waals surface area contributed by atoms with Crippen LogP contribution in [-0.2, 0) is 0 Å². The minimum Gasteiger partial charge on any atom is -0.313 e. The summed E-state index contributed by atoms with van der Waals surface area (Å²) in [6, 6.07) is 11.4. The molecule has 1 aromatic carbocycles. The van der Waals surface area contributed by atoms with Crippen LogP contribution in [0.5, 0.6) is 0 Å². The van der Waals surface area contributed by atoms with Crippen LogP contribution in [0.1, 0.15) is 43.6 Å². The molecule has 2 fully saturated rings. The average molecular weight is 276 g/mol. The van der Waals surface area contributed by atoms with Gasteiger partial charge in [-0.2, -0.15) is 0 Å². The Bertz CT molecular complexity index is 426. The molecule has 110 valence electrons. The first-order chi connectivity index (χ1) is 9.70. The lowest BCUT2D eigenvalue weighted by atomic mass is 9.84. The van der Waals surface area contributed by atoms with Crippen LogP contribution >= 0.6 is 0 Å². The van der Waals surface area contributed by atoms with Crippen LogP contribution in [0, 0.1) is 5.92 Å². The number of halogens is 1. The standard InChI is InChI=1S/C17H25FN2/c1-19-17(18)9-7-13(8-10-17)12-20-16-11-15(16)14-5-3-2-4-6-14/h2-6,13,15-16,19-20H,7-12H2,1H3/t13?,15-,16+,17?/m0/s1. The summed E-state index contributed by atoms with van der Waals surface area (Å²) in [6.45, 7) is 1.05. The normalized spacial score (nSPS) is 36.8. The van der Waals surface area contributed by atoms with Gasteiger partial charge in [0, 0.05) is 12.0 Å². The fourth-order valence-electron chi connectivity index (χ4n) is 3.40. The van der Waals surface area contributed by atoms with Crippen LogP contribution in [0.3, 0.4) is 0 Å². The average Bonchev–Trinajstić information content (AvgIpc) is 3.27. The molecule has 2 nitrogen and oxygen atoms in total. The maximum Gasteiger partial charge on any atom is 0.161 e. The van der Waals surface area contributed by atoms with Crippen LogP contribution in [0.4, 0.5) is 4.39 Å². The molecule has 0 saturated heterocycles. The van der Waals surface area contributed by atoms with Crippen molar-refractivity contribution < 1.29 is 4.39 Å². The van der Waals surface area contributed by atoms with E-state index in [-0.39, 0.29) is 0 Å². The van der Waals surface area contributed by atoms with Gasteiger partial charge in [0.15, 0.2) is 5.79 Å². The molecular weight excluding hydrogens is 251 g/mol. The largest absolute Gasteiger partial charge is 0.313 e. The number of hydrogen-bond acceptors (Lipinski definition) is 2. The lowest BCUT2D eigenvalue weighted by Gasteiger charge is -2.33. The van der Waals surface area contributed by atoms with Crippen molar-refractivity contribution in [2.75, 3.05) is 13.6 Å². The topological polar surface area (TPSA) is 24.1 Å². The van der Waals surface area contributed by atoms with Gasteiger partial charge >= 0.3 is 0 Å². The van der Waals surface area contributed by atoms with Crippen molar-refractivity contribution >= 4 is 0 Å². The molecule has 0 amide bonds. The molecule has 0 spiro atoms. The van der Waals surface area contributed by atoms with Crippen molar-refractivity contribution in [2.24, 2.45) is 5.92 Å². The van der Waals surface area contributed by atoms with Crippen molar-refractivity contribution in [3.8, 4) is 0 Å². The van der Waals surface area contributed by atoms with Crippen molar-refractivity contribution in [3.05, 3.63) is 35.9 Å². The number of nitrogens with one attached hydrogen (secondary N) is 2. The lowest BCUT2D eigenvalue weighted by Crippen LogP contribution is -2.43. The van der Waals surface area contributed by atoms with E-state index < -0.39 is 5.79 Å². The Balaban J connectivity index is 1.40. The summed E-state index contributed by atoms with van der Waals surface area (Å²) in [4.78, 5) is 0. The molecule has 2 N–H and O–H groups in total. The van der Waals surface area contributed by atoms with E-state index in [0.29, 0.717) is 30.7 Å². The Morgan fingerprint density at radius 3 is 2.55 bits per heavy atom. The van der Waals surface area contributed by atoms with Gasteiger partial charge in [-0.25, -0.2) is 4.39 Å². The third-order valence-corrected chi connectivity index (χ3v) is 5.03. The second kappa shape index (κ2) is 5.82. The van der Waals surface area contributed by atoms with Crippen LogP contribution in [-0.4, -0.2) is 25.4 Å². The first-order valence-electron chi connectivity index (χ1n) is 7.86. The number of rotatable bonds is 5. The van der Waals surface area contributed by atoms with E-state index in [1.165, 1.54) is 12.0 Å². The highest BCUT2D eigenvalue weighted by atomic mass is 19.1. The van der Waals surface area contributed by atoms with Gasteiger partial charge in [0.1, 0.15) is 0 Å². The molecule has 2 saturated carbocycles. The second-order valence-corrected chi connectivity index (χ2v) is 6.43. The van der Waals surface area contributed by atoms with Crippen molar-refractivity contribution in [2.45, 2.75) is 49.9 Å². The molecule has 0 unspecified atom stereocenters. The Kier molecular flexibility index (Phi) is 4.08. The first kappa shape index (κ1) is 14.0. The summed E-state index contributed by atoms with van der Waals surface area (Å²) in [5.41, 5.74) is 1.45. The molecule has 20 heavy (non-hydrogen) atoms. The van der Waals surface area contributed by atoms with E-state index in [1.807, 2.05) is 0 Å². The highest BCUT2D eigenvalue weighted by Gasteiger charge is 2.39. The molecule has 0 aliphatic heterocycles. The van der Waals surface area contributed by atoms with Gasteiger partial charge in [-0.05, 0) is 57.2 Å². The van der Waals surface area contributed by atoms with Gasteiger partial charge in [0.05, 0.1) is 0 Å². The number of benzene rings is 1. The first-order valence-corrected chi connectivity index (χ1v) is 7.86. The van der Waals surface area contributed by atoms with E-state index in [9.17, 15) is 4.39 Å². The molecule has 2 atom stereocenters. The Morgan fingerprint density at radius 1 is 1.20 bits per heavy atom. The summed E-state index contributed by atoms with van der Waals surface area (Å²) in [5.74, 6) is 0.226. The summed E-state index contributed by atoms with van der Waals surface area (Å²) in [7, 11) is 1.73. The fourth-order valence-corrected chi connectivity index (χ4v) is 3.40.